The van der Waals surface area contributed by atoms with E-state index in [9.17, 15) is 5.11 Å². The van der Waals surface area contributed by atoms with E-state index in [2.05, 4.69) is 48.1 Å². The number of aromatic hydroxyl groups is 1. The standard InChI is InChI=1S/C31H22Br2N6O/c1-18-27-28(23-17-22(40)15-16-24(23)33)38-26-10-6-5-9-25(26)35-29(34-20-13-11-19(32)12-14-20)31(38)36-30(27)39(37-18)21-7-3-2-4-8-21/h2-17,28,40H,1H3,(H,34,35)/t28-/m0/s1. The summed E-state index contributed by atoms with van der Waals surface area (Å²) in [6.07, 6.45) is 0. The number of benzene rings is 4. The average molecular weight is 654 g/mol. The summed E-state index contributed by atoms with van der Waals surface area (Å²) in [5.74, 6) is 2.18. The van der Waals surface area contributed by atoms with E-state index in [1.54, 1.807) is 12.1 Å². The number of phenolic OH excluding ortho intramolecular Hbond substituents is 1. The molecule has 3 heterocycles. The zero-order valence-electron chi connectivity index (χ0n) is 21.3. The average Bonchev–Trinajstić information content (AvgIpc) is 3.31. The molecule has 0 saturated carbocycles. The highest BCUT2D eigenvalue weighted by Gasteiger charge is 2.42. The number of para-hydroxylation sites is 3. The molecule has 2 N–H and O–H groups in total. The van der Waals surface area contributed by atoms with Gasteiger partial charge in [-0.25, -0.2) is 14.7 Å². The molecule has 2 aliphatic heterocycles. The molecule has 196 valence electrons. The summed E-state index contributed by atoms with van der Waals surface area (Å²) < 4.78 is 3.75. The van der Waals surface area contributed by atoms with Gasteiger partial charge in [-0.3, -0.25) is 0 Å². The van der Waals surface area contributed by atoms with Crippen LogP contribution in [0.2, 0.25) is 0 Å². The van der Waals surface area contributed by atoms with Crippen molar-refractivity contribution in [2.75, 3.05) is 10.2 Å². The Hall–Kier alpha value is -4.21. The van der Waals surface area contributed by atoms with Gasteiger partial charge in [0, 0.05) is 20.2 Å². The minimum Gasteiger partial charge on any atom is -0.508 e. The molecular formula is C31H22Br2N6O. The van der Waals surface area contributed by atoms with Gasteiger partial charge in [-0.15, -0.1) is 0 Å². The molecule has 40 heavy (non-hydrogen) atoms. The maximum Gasteiger partial charge on any atom is 0.179 e. The molecule has 0 fully saturated rings. The van der Waals surface area contributed by atoms with Crippen LogP contribution >= 0.6 is 31.9 Å². The van der Waals surface area contributed by atoms with Gasteiger partial charge in [0.2, 0.25) is 0 Å². The zero-order valence-corrected chi connectivity index (χ0v) is 24.4. The van der Waals surface area contributed by atoms with Crippen molar-refractivity contribution < 1.29 is 5.11 Å². The maximum absolute atomic E-state index is 10.6. The number of amidine groups is 2. The summed E-state index contributed by atoms with van der Waals surface area (Å²) in [6, 6.07) is 31.0. The quantitative estimate of drug-likeness (QED) is 0.206. The van der Waals surface area contributed by atoms with Crippen LogP contribution in [0.5, 0.6) is 5.75 Å². The van der Waals surface area contributed by atoms with Crippen LogP contribution in [0.15, 0.2) is 116 Å². The number of hydrogen-bond donors (Lipinski definition) is 2. The van der Waals surface area contributed by atoms with Crippen LogP contribution in [0.1, 0.15) is 22.9 Å². The molecule has 0 saturated heterocycles. The Morgan fingerprint density at radius 2 is 1.60 bits per heavy atom. The van der Waals surface area contributed by atoms with Crippen LogP contribution < -0.4 is 10.2 Å². The second-order valence-corrected chi connectivity index (χ2v) is 11.3. The molecule has 7 nitrogen and oxygen atoms in total. The fourth-order valence-corrected chi connectivity index (χ4v) is 5.98. The third-order valence-electron chi connectivity index (χ3n) is 7.02. The fourth-order valence-electron chi connectivity index (χ4n) is 5.25. The van der Waals surface area contributed by atoms with E-state index in [0.717, 1.165) is 54.3 Å². The van der Waals surface area contributed by atoms with E-state index in [1.165, 1.54) is 0 Å². The number of nitrogens with one attached hydrogen (secondary N) is 1. The normalized spacial score (nSPS) is 15.5. The maximum atomic E-state index is 10.6. The number of aromatic nitrogens is 2. The van der Waals surface area contributed by atoms with Crippen LogP contribution in [-0.4, -0.2) is 26.6 Å². The van der Waals surface area contributed by atoms with Crippen LogP contribution in [-0.2, 0) is 0 Å². The van der Waals surface area contributed by atoms with Gasteiger partial charge >= 0.3 is 0 Å². The lowest BCUT2D eigenvalue weighted by atomic mass is 9.93. The van der Waals surface area contributed by atoms with Gasteiger partial charge in [0.25, 0.3) is 0 Å². The van der Waals surface area contributed by atoms with Crippen LogP contribution in [0.25, 0.3) is 5.69 Å². The molecule has 4 aromatic carbocycles. The van der Waals surface area contributed by atoms with Crippen molar-refractivity contribution in [2.24, 2.45) is 9.98 Å². The van der Waals surface area contributed by atoms with Gasteiger partial charge in [0.15, 0.2) is 17.5 Å². The summed E-state index contributed by atoms with van der Waals surface area (Å²) in [4.78, 5) is 12.5. The molecular weight excluding hydrogens is 632 g/mol. The smallest absolute Gasteiger partial charge is 0.179 e. The highest BCUT2D eigenvalue weighted by molar-refractivity contribution is 9.10. The van der Waals surface area contributed by atoms with Gasteiger partial charge in [-0.1, -0.05) is 62.2 Å². The van der Waals surface area contributed by atoms with E-state index in [0.29, 0.717) is 11.7 Å². The number of halogens is 2. The number of phenols is 1. The second-order valence-electron chi connectivity index (χ2n) is 9.56. The van der Waals surface area contributed by atoms with E-state index in [4.69, 9.17) is 15.1 Å². The molecule has 7 rings (SSSR count). The minimum absolute atomic E-state index is 0.184. The number of aryl methyl sites for hydroxylation is 1. The number of nitrogens with zero attached hydrogens (tertiary/aromatic N) is 5. The first-order valence-electron chi connectivity index (χ1n) is 12.7. The Labute approximate surface area is 247 Å². The second kappa shape index (κ2) is 9.76. The molecule has 1 aromatic heterocycles. The van der Waals surface area contributed by atoms with E-state index >= 15 is 0 Å². The first-order valence-corrected chi connectivity index (χ1v) is 14.3. The van der Waals surface area contributed by atoms with Gasteiger partial charge < -0.3 is 15.3 Å². The Balaban J connectivity index is 1.52. The topological polar surface area (TPSA) is 78.0 Å². The molecule has 5 aromatic rings. The summed E-state index contributed by atoms with van der Waals surface area (Å²) in [7, 11) is 0. The Kier molecular flexibility index (Phi) is 6.05. The Morgan fingerprint density at radius 3 is 2.40 bits per heavy atom. The third-order valence-corrected chi connectivity index (χ3v) is 8.27. The molecule has 2 aliphatic rings. The Bertz CT molecular complexity index is 1830. The SMILES string of the molecule is Cc1nn(-c2ccccc2)c2c1[C@H](c1cc(O)ccc1Br)N1C(=N2)C(Nc2ccc(Br)cc2)=Nc2ccccc21. The molecule has 0 unspecified atom stereocenters. The third kappa shape index (κ3) is 4.13. The van der Waals surface area contributed by atoms with Gasteiger partial charge in [-0.2, -0.15) is 5.10 Å². The summed E-state index contributed by atoms with van der Waals surface area (Å²) >= 11 is 7.29. The van der Waals surface area contributed by atoms with Crippen LogP contribution in [0.3, 0.4) is 0 Å². The monoisotopic (exact) mass is 652 g/mol. The number of hydrogen-bond acceptors (Lipinski definition) is 6. The molecule has 0 radical (unpaired) electrons. The van der Waals surface area contributed by atoms with Gasteiger partial charge in [-0.05, 0) is 79.2 Å². The summed E-state index contributed by atoms with van der Waals surface area (Å²) in [5.41, 5.74) is 6.23. The minimum atomic E-state index is -0.347. The van der Waals surface area contributed by atoms with Crippen LogP contribution in [0, 0.1) is 6.92 Å². The van der Waals surface area contributed by atoms with Crippen LogP contribution in [0.4, 0.5) is 22.9 Å². The van der Waals surface area contributed by atoms with Gasteiger partial charge in [0.05, 0.1) is 28.8 Å². The summed E-state index contributed by atoms with van der Waals surface area (Å²) in [6.45, 7) is 2.01. The number of aliphatic imine (C=N–C) groups is 2. The highest BCUT2D eigenvalue weighted by Crippen LogP contribution is 2.49. The van der Waals surface area contributed by atoms with Crippen molar-refractivity contribution in [3.8, 4) is 11.4 Å². The molecule has 0 bridgehead atoms. The van der Waals surface area contributed by atoms with Crippen molar-refractivity contribution in [3.05, 3.63) is 123 Å². The predicted molar refractivity (Wildman–Crippen MR) is 167 cm³/mol. The number of rotatable bonds is 3. The first-order chi connectivity index (χ1) is 19.5. The van der Waals surface area contributed by atoms with E-state index in [-0.39, 0.29) is 11.8 Å². The van der Waals surface area contributed by atoms with Gasteiger partial charge in [0.1, 0.15) is 5.75 Å². The summed E-state index contributed by atoms with van der Waals surface area (Å²) in [5, 5.41) is 19.1. The largest absolute Gasteiger partial charge is 0.508 e. The molecule has 0 amide bonds. The molecule has 9 heteroatoms. The van der Waals surface area contributed by atoms with Crippen molar-refractivity contribution in [2.45, 2.75) is 13.0 Å². The van der Waals surface area contributed by atoms with E-state index < -0.39 is 0 Å². The molecule has 0 spiro atoms. The lowest BCUT2D eigenvalue weighted by Gasteiger charge is -2.41. The predicted octanol–water partition coefficient (Wildman–Crippen LogP) is 8.21. The van der Waals surface area contributed by atoms with Crippen molar-refractivity contribution in [1.29, 1.82) is 0 Å². The highest BCUT2D eigenvalue weighted by atomic mass is 79.9. The first kappa shape index (κ1) is 24.8. The zero-order chi connectivity index (χ0) is 27.4. The number of fused-ring (bicyclic) bond motifs is 4. The van der Waals surface area contributed by atoms with Crippen molar-refractivity contribution >= 4 is 66.4 Å². The van der Waals surface area contributed by atoms with E-state index in [1.807, 2.05) is 90.5 Å². The Morgan fingerprint density at radius 1 is 0.850 bits per heavy atom. The lowest BCUT2D eigenvalue weighted by molar-refractivity contribution is 0.474. The molecule has 1 atom stereocenters. The lowest BCUT2D eigenvalue weighted by Crippen LogP contribution is -2.46. The van der Waals surface area contributed by atoms with Crippen molar-refractivity contribution in [3.63, 3.8) is 0 Å². The number of anilines is 2. The van der Waals surface area contributed by atoms with Crippen molar-refractivity contribution in [1.82, 2.24) is 9.78 Å². The molecule has 0 aliphatic carbocycles. The fraction of sp³-hybridized carbons (Fsp3) is 0.0645.